The van der Waals surface area contributed by atoms with Crippen LogP contribution in [0.4, 0.5) is 8.78 Å². The fourth-order valence-electron chi connectivity index (χ4n) is 1.83. The van der Waals surface area contributed by atoms with Crippen molar-refractivity contribution in [3.8, 4) is 0 Å². The number of alkyl halides is 2. The molecule has 0 unspecified atom stereocenters. The highest BCUT2D eigenvalue weighted by molar-refractivity contribution is 8.15. The average Bonchev–Trinajstić information content (AvgIpc) is 2.40. The minimum absolute atomic E-state index is 0.489. The Bertz CT molecular complexity index is 415. The third kappa shape index (κ3) is 3.84. The monoisotopic (exact) mass is 266 g/mol. The van der Waals surface area contributed by atoms with Gasteiger partial charge in [-0.2, -0.15) is 19.7 Å². The largest absolute Gasteiger partial charge is 0.267 e. The molecule has 0 bridgehead atoms. The van der Waals surface area contributed by atoms with Gasteiger partial charge in [0, 0.05) is 11.5 Å². The van der Waals surface area contributed by atoms with Gasteiger partial charge in [-0.05, 0) is 11.1 Å². The van der Waals surface area contributed by atoms with Crippen molar-refractivity contribution in [2.75, 3.05) is 0 Å². The van der Waals surface area contributed by atoms with Gasteiger partial charge in [0.2, 0.25) is 0 Å². The summed E-state index contributed by atoms with van der Waals surface area (Å²) in [5.74, 6) is -1.24. The Kier molecular flexibility index (Phi) is 4.76. The molecule has 0 N–H and O–H groups in total. The van der Waals surface area contributed by atoms with Crippen molar-refractivity contribution < 1.29 is 8.78 Å². The van der Waals surface area contributed by atoms with Gasteiger partial charge in [0.15, 0.2) is 0 Å². The maximum absolute atomic E-state index is 13.1. The molecule has 96 valence electrons. The van der Waals surface area contributed by atoms with Crippen molar-refractivity contribution in [1.29, 1.82) is 0 Å². The van der Waals surface area contributed by atoms with Gasteiger partial charge >= 0.3 is 0 Å². The lowest BCUT2D eigenvalue weighted by Gasteiger charge is -2.20. The lowest BCUT2D eigenvalue weighted by atomic mass is 10.2. The Morgan fingerprint density at radius 3 is 1.44 bits per heavy atom. The van der Waals surface area contributed by atoms with E-state index in [-0.39, 0.29) is 0 Å². The Hall–Kier alpha value is -1.35. The van der Waals surface area contributed by atoms with Crippen LogP contribution in [0.3, 0.4) is 0 Å². The van der Waals surface area contributed by atoms with E-state index in [9.17, 15) is 8.78 Å². The predicted octanol–water partition coefficient (Wildman–Crippen LogP) is 4.61. The van der Waals surface area contributed by atoms with Crippen LogP contribution in [0.25, 0.3) is 0 Å². The van der Waals surface area contributed by atoms with Crippen LogP contribution in [-0.4, -0.2) is 5.76 Å². The molecule has 0 atom stereocenters. The van der Waals surface area contributed by atoms with Crippen LogP contribution in [0, 0.1) is 0 Å². The van der Waals surface area contributed by atoms with Gasteiger partial charge in [-0.3, -0.25) is 0 Å². The number of rotatable bonds is 5. The normalized spacial score (nSPS) is 11.6. The summed E-state index contributed by atoms with van der Waals surface area (Å²) in [6.07, 6.45) is 0. The molecule has 0 aromatic heterocycles. The molecule has 0 aliphatic heterocycles. The van der Waals surface area contributed by atoms with E-state index in [0.717, 1.165) is 11.1 Å². The minimum atomic E-state index is -2.22. The van der Waals surface area contributed by atoms with E-state index in [2.05, 4.69) is 0 Å². The number of halogens is 2. The third-order valence-electron chi connectivity index (χ3n) is 2.73. The second-order valence-corrected chi connectivity index (χ2v) is 6.35. The molecule has 2 aromatic rings. The van der Waals surface area contributed by atoms with E-state index in [1.165, 1.54) is 0 Å². The standard InChI is InChI=1S/C15H16F2S/c16-15(17)18(11-13-7-3-1-4-8-13)12-14-9-5-2-6-10-14/h1-10,15,18H,11-12H2. The predicted molar refractivity (Wildman–Crippen MR) is 75.3 cm³/mol. The molecule has 18 heavy (non-hydrogen) atoms. The molecule has 3 heteroatoms. The molecule has 0 heterocycles. The van der Waals surface area contributed by atoms with Crippen LogP contribution >= 0.6 is 10.9 Å². The SMILES string of the molecule is FC(F)[SH](Cc1ccccc1)Cc1ccccc1. The van der Waals surface area contributed by atoms with Crippen molar-refractivity contribution in [2.45, 2.75) is 17.3 Å². The molecule has 2 aromatic carbocycles. The molecule has 0 fully saturated rings. The van der Waals surface area contributed by atoms with Crippen LogP contribution in [0.1, 0.15) is 11.1 Å². The Morgan fingerprint density at radius 1 is 0.722 bits per heavy atom. The van der Waals surface area contributed by atoms with Gasteiger partial charge in [-0.15, -0.1) is 0 Å². The zero-order valence-electron chi connectivity index (χ0n) is 9.97. The Balaban J connectivity index is 2.05. The summed E-state index contributed by atoms with van der Waals surface area (Å²) in [7, 11) is -1.31. The van der Waals surface area contributed by atoms with Gasteiger partial charge in [-0.1, -0.05) is 60.7 Å². The molecule has 0 nitrogen and oxygen atoms in total. The maximum Gasteiger partial charge on any atom is 0.267 e. The highest BCUT2D eigenvalue weighted by atomic mass is 32.2. The van der Waals surface area contributed by atoms with E-state index >= 15 is 0 Å². The van der Waals surface area contributed by atoms with E-state index in [0.29, 0.717) is 11.5 Å². The van der Waals surface area contributed by atoms with E-state index in [4.69, 9.17) is 0 Å². The van der Waals surface area contributed by atoms with Crippen LogP contribution in [0.5, 0.6) is 0 Å². The van der Waals surface area contributed by atoms with E-state index in [1.54, 1.807) is 0 Å². The van der Waals surface area contributed by atoms with Crippen molar-refractivity contribution in [3.05, 3.63) is 71.8 Å². The van der Waals surface area contributed by atoms with Gasteiger partial charge in [-0.25, -0.2) is 0 Å². The molecule has 0 spiro atoms. The first-order chi connectivity index (χ1) is 8.75. The second-order valence-electron chi connectivity index (χ2n) is 4.15. The van der Waals surface area contributed by atoms with Crippen LogP contribution in [0.15, 0.2) is 60.7 Å². The topological polar surface area (TPSA) is 0 Å². The van der Waals surface area contributed by atoms with Crippen molar-refractivity contribution in [2.24, 2.45) is 0 Å². The lowest BCUT2D eigenvalue weighted by Crippen LogP contribution is -2.00. The van der Waals surface area contributed by atoms with Gasteiger partial charge in [0.25, 0.3) is 5.76 Å². The molecule has 0 aliphatic carbocycles. The van der Waals surface area contributed by atoms with Crippen molar-refractivity contribution in [1.82, 2.24) is 0 Å². The number of thiol groups is 1. The summed E-state index contributed by atoms with van der Waals surface area (Å²) in [5, 5.41) is 0. The summed E-state index contributed by atoms with van der Waals surface area (Å²) in [6, 6.07) is 19.1. The molecule has 0 radical (unpaired) electrons. The summed E-state index contributed by atoms with van der Waals surface area (Å²) >= 11 is 0. The highest BCUT2D eigenvalue weighted by Crippen LogP contribution is 2.40. The molecular weight excluding hydrogens is 250 g/mol. The summed E-state index contributed by atoms with van der Waals surface area (Å²) in [5.41, 5.74) is 2.00. The second kappa shape index (κ2) is 6.55. The van der Waals surface area contributed by atoms with Crippen LogP contribution < -0.4 is 0 Å². The Labute approximate surface area is 109 Å². The molecule has 0 saturated heterocycles. The van der Waals surface area contributed by atoms with Crippen LogP contribution in [-0.2, 0) is 11.5 Å². The maximum atomic E-state index is 13.1. The first-order valence-electron chi connectivity index (χ1n) is 5.86. The first-order valence-corrected chi connectivity index (χ1v) is 7.64. The summed E-state index contributed by atoms with van der Waals surface area (Å²) in [6.45, 7) is 0. The quantitative estimate of drug-likeness (QED) is 0.751. The van der Waals surface area contributed by atoms with Crippen molar-refractivity contribution in [3.63, 3.8) is 0 Å². The fraction of sp³-hybridized carbons (Fsp3) is 0.200. The molecule has 2 rings (SSSR count). The number of hydrogen-bond donors (Lipinski definition) is 1. The number of hydrogen-bond acceptors (Lipinski definition) is 0. The van der Waals surface area contributed by atoms with Crippen LogP contribution in [0.2, 0.25) is 0 Å². The van der Waals surface area contributed by atoms with Gasteiger partial charge < -0.3 is 0 Å². The summed E-state index contributed by atoms with van der Waals surface area (Å²) < 4.78 is 26.2. The summed E-state index contributed by atoms with van der Waals surface area (Å²) in [4.78, 5) is 0. The third-order valence-corrected chi connectivity index (χ3v) is 4.83. The highest BCUT2D eigenvalue weighted by Gasteiger charge is 2.16. The van der Waals surface area contributed by atoms with Gasteiger partial charge in [0.05, 0.1) is 0 Å². The molecule has 0 amide bonds. The van der Waals surface area contributed by atoms with Gasteiger partial charge in [0.1, 0.15) is 0 Å². The lowest BCUT2D eigenvalue weighted by molar-refractivity contribution is 0.248. The minimum Gasteiger partial charge on any atom is -0.200 e. The molecule has 0 saturated carbocycles. The average molecular weight is 266 g/mol. The fourth-order valence-corrected chi connectivity index (χ4v) is 3.58. The Morgan fingerprint density at radius 2 is 1.11 bits per heavy atom. The zero-order chi connectivity index (χ0) is 12.8. The first kappa shape index (κ1) is 13.1. The van der Waals surface area contributed by atoms with E-state index < -0.39 is 16.7 Å². The zero-order valence-corrected chi connectivity index (χ0v) is 10.9. The smallest absolute Gasteiger partial charge is 0.200 e. The van der Waals surface area contributed by atoms with Crippen molar-refractivity contribution >= 4 is 10.9 Å². The van der Waals surface area contributed by atoms with E-state index in [1.807, 2.05) is 60.7 Å². The number of benzene rings is 2. The molecule has 0 aliphatic rings. The molecular formula is C15H16F2S.